The molecule has 1 aromatic carbocycles. The van der Waals surface area contributed by atoms with Gasteiger partial charge in [0.1, 0.15) is 11.6 Å². The zero-order chi connectivity index (χ0) is 14.2. The van der Waals surface area contributed by atoms with E-state index in [0.29, 0.717) is 5.56 Å². The van der Waals surface area contributed by atoms with Crippen LogP contribution in [0.4, 0.5) is 23.4 Å². The smallest absolute Gasteiger partial charge is 0.384 e. The highest BCUT2D eigenvalue weighted by molar-refractivity contribution is 5.63. The first-order valence-corrected chi connectivity index (χ1v) is 5.38. The SMILES string of the molecule is Cc1ccc(F)c(-c2cc(C(F)(F)F)cc(N)n2)c1. The molecule has 19 heavy (non-hydrogen) atoms. The molecular formula is C13H10F4N2. The summed E-state index contributed by atoms with van der Waals surface area (Å²) < 4.78 is 51.7. The number of benzene rings is 1. The van der Waals surface area contributed by atoms with Crippen LogP contribution < -0.4 is 5.73 Å². The molecule has 0 unspecified atom stereocenters. The lowest BCUT2D eigenvalue weighted by molar-refractivity contribution is -0.137. The maximum Gasteiger partial charge on any atom is 0.416 e. The van der Waals surface area contributed by atoms with Gasteiger partial charge in [-0.2, -0.15) is 13.2 Å². The molecule has 0 saturated heterocycles. The molecule has 0 fully saturated rings. The van der Waals surface area contributed by atoms with Gasteiger partial charge in [-0.1, -0.05) is 11.6 Å². The van der Waals surface area contributed by atoms with Crippen molar-refractivity contribution in [1.29, 1.82) is 0 Å². The number of alkyl halides is 3. The van der Waals surface area contributed by atoms with Crippen LogP contribution in [0.15, 0.2) is 30.3 Å². The highest BCUT2D eigenvalue weighted by atomic mass is 19.4. The molecule has 1 heterocycles. The second-order valence-corrected chi connectivity index (χ2v) is 4.15. The Hall–Kier alpha value is -2.11. The fraction of sp³-hybridized carbons (Fsp3) is 0.154. The van der Waals surface area contributed by atoms with Crippen molar-refractivity contribution in [3.05, 3.63) is 47.3 Å². The summed E-state index contributed by atoms with van der Waals surface area (Å²) in [5.74, 6) is -0.942. The Morgan fingerprint density at radius 2 is 1.79 bits per heavy atom. The minimum absolute atomic E-state index is 0.00204. The fourth-order valence-corrected chi connectivity index (χ4v) is 1.69. The van der Waals surface area contributed by atoms with Crippen molar-refractivity contribution in [2.45, 2.75) is 13.1 Å². The van der Waals surface area contributed by atoms with Crippen LogP contribution in [0.3, 0.4) is 0 Å². The molecule has 0 radical (unpaired) electrons. The normalized spacial score (nSPS) is 11.6. The molecule has 0 aliphatic rings. The zero-order valence-corrected chi connectivity index (χ0v) is 9.92. The lowest BCUT2D eigenvalue weighted by atomic mass is 10.1. The summed E-state index contributed by atoms with van der Waals surface area (Å²) in [5.41, 5.74) is 4.98. The minimum atomic E-state index is -4.55. The third-order valence-electron chi connectivity index (χ3n) is 2.57. The van der Waals surface area contributed by atoms with Gasteiger partial charge in [-0.05, 0) is 31.2 Å². The number of hydrogen-bond acceptors (Lipinski definition) is 2. The Morgan fingerprint density at radius 1 is 1.11 bits per heavy atom. The molecular weight excluding hydrogens is 260 g/mol. The standard InChI is InChI=1S/C13H10F4N2/c1-7-2-3-10(14)9(4-7)11-5-8(13(15,16)17)6-12(18)19-11/h2-6H,1H3,(H2,18,19). The molecule has 2 rings (SSSR count). The van der Waals surface area contributed by atoms with Gasteiger partial charge in [-0.15, -0.1) is 0 Å². The topological polar surface area (TPSA) is 38.9 Å². The van der Waals surface area contributed by atoms with Crippen LogP contribution in [0.2, 0.25) is 0 Å². The summed E-state index contributed by atoms with van der Waals surface area (Å²) in [7, 11) is 0. The van der Waals surface area contributed by atoms with Crippen molar-refractivity contribution in [3.8, 4) is 11.3 Å². The molecule has 2 N–H and O–H groups in total. The van der Waals surface area contributed by atoms with Crippen LogP contribution in [0.25, 0.3) is 11.3 Å². The number of nitrogens with two attached hydrogens (primary N) is 1. The first-order chi connectivity index (χ1) is 8.77. The average molecular weight is 270 g/mol. The van der Waals surface area contributed by atoms with E-state index in [0.717, 1.165) is 12.1 Å². The molecule has 0 bridgehead atoms. The Bertz CT molecular complexity index is 621. The summed E-state index contributed by atoms with van der Waals surface area (Å²) >= 11 is 0. The van der Waals surface area contributed by atoms with Gasteiger partial charge in [0.05, 0.1) is 11.3 Å². The summed E-state index contributed by atoms with van der Waals surface area (Å²) in [6.07, 6.45) is -4.55. The number of halogens is 4. The van der Waals surface area contributed by atoms with Crippen molar-refractivity contribution in [3.63, 3.8) is 0 Å². The number of aromatic nitrogens is 1. The van der Waals surface area contributed by atoms with Gasteiger partial charge in [0.15, 0.2) is 0 Å². The van der Waals surface area contributed by atoms with E-state index in [1.54, 1.807) is 6.92 Å². The summed E-state index contributed by atoms with van der Waals surface area (Å²) in [6, 6.07) is 5.64. The molecule has 0 aliphatic carbocycles. The van der Waals surface area contributed by atoms with Gasteiger partial charge >= 0.3 is 6.18 Å². The highest BCUT2D eigenvalue weighted by Crippen LogP contribution is 2.33. The molecule has 0 aliphatic heterocycles. The van der Waals surface area contributed by atoms with E-state index < -0.39 is 17.6 Å². The molecule has 0 amide bonds. The van der Waals surface area contributed by atoms with Gasteiger partial charge in [0.2, 0.25) is 0 Å². The fourth-order valence-electron chi connectivity index (χ4n) is 1.69. The number of aryl methyl sites for hydroxylation is 1. The van der Waals surface area contributed by atoms with E-state index >= 15 is 0 Å². The van der Waals surface area contributed by atoms with Gasteiger partial charge in [-0.25, -0.2) is 9.37 Å². The van der Waals surface area contributed by atoms with Crippen LogP contribution in [0.5, 0.6) is 0 Å². The molecule has 0 saturated carbocycles. The Labute approximate surface area is 106 Å². The number of rotatable bonds is 1. The predicted molar refractivity (Wildman–Crippen MR) is 63.8 cm³/mol. The highest BCUT2D eigenvalue weighted by Gasteiger charge is 2.31. The van der Waals surface area contributed by atoms with Gasteiger partial charge < -0.3 is 5.73 Å². The first kappa shape index (κ1) is 13.3. The van der Waals surface area contributed by atoms with Crippen LogP contribution >= 0.6 is 0 Å². The maximum absolute atomic E-state index is 13.7. The summed E-state index contributed by atoms with van der Waals surface area (Å²) in [4.78, 5) is 3.76. The first-order valence-electron chi connectivity index (χ1n) is 5.38. The summed E-state index contributed by atoms with van der Waals surface area (Å²) in [5, 5.41) is 0. The largest absolute Gasteiger partial charge is 0.416 e. The lowest BCUT2D eigenvalue weighted by Gasteiger charge is -2.10. The van der Waals surface area contributed by atoms with Crippen molar-refractivity contribution in [2.24, 2.45) is 0 Å². The average Bonchev–Trinajstić information content (AvgIpc) is 2.30. The predicted octanol–water partition coefficient (Wildman–Crippen LogP) is 3.80. The van der Waals surface area contributed by atoms with E-state index in [1.807, 2.05) is 0 Å². The van der Waals surface area contributed by atoms with E-state index in [1.165, 1.54) is 18.2 Å². The summed E-state index contributed by atoms with van der Waals surface area (Å²) in [6.45, 7) is 1.71. The molecule has 6 heteroatoms. The zero-order valence-electron chi connectivity index (χ0n) is 9.92. The lowest BCUT2D eigenvalue weighted by Crippen LogP contribution is -2.07. The van der Waals surface area contributed by atoms with Crippen molar-refractivity contribution < 1.29 is 17.6 Å². The number of nitrogens with zero attached hydrogens (tertiary/aromatic N) is 1. The number of nitrogen functional groups attached to an aromatic ring is 1. The molecule has 2 nitrogen and oxygen atoms in total. The third-order valence-corrected chi connectivity index (χ3v) is 2.57. The van der Waals surface area contributed by atoms with Gasteiger partial charge in [-0.3, -0.25) is 0 Å². The van der Waals surface area contributed by atoms with E-state index in [9.17, 15) is 17.6 Å². The third kappa shape index (κ3) is 2.83. The van der Waals surface area contributed by atoms with E-state index in [2.05, 4.69) is 4.98 Å². The molecule has 2 aromatic rings. The molecule has 1 aromatic heterocycles. The second-order valence-electron chi connectivity index (χ2n) is 4.15. The van der Waals surface area contributed by atoms with Crippen molar-refractivity contribution >= 4 is 5.82 Å². The van der Waals surface area contributed by atoms with Crippen LogP contribution in [-0.2, 0) is 6.18 Å². The van der Waals surface area contributed by atoms with E-state index in [4.69, 9.17) is 5.73 Å². The Morgan fingerprint density at radius 3 is 2.42 bits per heavy atom. The quantitative estimate of drug-likeness (QED) is 0.800. The Kier molecular flexibility index (Phi) is 3.18. The monoisotopic (exact) mass is 270 g/mol. The molecule has 0 spiro atoms. The molecule has 0 atom stereocenters. The number of hydrogen-bond donors (Lipinski definition) is 1. The van der Waals surface area contributed by atoms with Gasteiger partial charge in [0, 0.05) is 5.56 Å². The Balaban J connectivity index is 2.63. The van der Waals surface area contributed by atoms with Crippen LogP contribution in [-0.4, -0.2) is 4.98 Å². The minimum Gasteiger partial charge on any atom is -0.384 e. The second kappa shape index (κ2) is 4.53. The van der Waals surface area contributed by atoms with Crippen molar-refractivity contribution in [2.75, 3.05) is 5.73 Å². The van der Waals surface area contributed by atoms with Crippen LogP contribution in [0.1, 0.15) is 11.1 Å². The van der Waals surface area contributed by atoms with E-state index in [-0.39, 0.29) is 17.1 Å². The van der Waals surface area contributed by atoms with Crippen LogP contribution in [0, 0.1) is 12.7 Å². The number of anilines is 1. The number of pyridine rings is 1. The molecule has 100 valence electrons. The maximum atomic E-state index is 13.7. The van der Waals surface area contributed by atoms with Crippen molar-refractivity contribution in [1.82, 2.24) is 4.98 Å². The van der Waals surface area contributed by atoms with Gasteiger partial charge in [0.25, 0.3) is 0 Å².